The number of methoxy groups -OCH3 is 1. The molecule has 7 heteroatoms. The Labute approximate surface area is 229 Å². The van der Waals surface area contributed by atoms with Gasteiger partial charge in [-0.3, -0.25) is 14.4 Å². The Balaban J connectivity index is 1.65. The van der Waals surface area contributed by atoms with E-state index in [1.807, 2.05) is 30.3 Å². The Morgan fingerprint density at radius 3 is 2.41 bits per heavy atom. The second kappa shape index (κ2) is 15.4. The normalized spacial score (nSPS) is 22.5. The van der Waals surface area contributed by atoms with Gasteiger partial charge in [-0.25, -0.2) is 0 Å². The first-order valence-corrected chi connectivity index (χ1v) is 14.5. The summed E-state index contributed by atoms with van der Waals surface area (Å²) >= 11 is 3.44. The summed E-state index contributed by atoms with van der Waals surface area (Å²) < 4.78 is 17.9. The van der Waals surface area contributed by atoms with Gasteiger partial charge in [-0.05, 0) is 75.5 Å². The molecule has 0 bridgehead atoms. The molecule has 0 saturated heterocycles. The van der Waals surface area contributed by atoms with Crippen LogP contribution in [0.3, 0.4) is 0 Å². The van der Waals surface area contributed by atoms with E-state index in [-0.39, 0.29) is 36.4 Å². The molecule has 0 amide bonds. The van der Waals surface area contributed by atoms with Gasteiger partial charge in [0.15, 0.2) is 0 Å². The zero-order valence-electron chi connectivity index (χ0n) is 22.0. The molecule has 2 aliphatic carbocycles. The van der Waals surface area contributed by atoms with E-state index >= 15 is 0 Å². The Morgan fingerprint density at radius 2 is 1.73 bits per heavy atom. The summed E-state index contributed by atoms with van der Waals surface area (Å²) in [6.07, 6.45) is 11.0. The maximum absolute atomic E-state index is 13.8. The van der Waals surface area contributed by atoms with Crippen molar-refractivity contribution in [1.82, 2.24) is 0 Å². The van der Waals surface area contributed by atoms with Crippen LogP contribution in [0.1, 0.15) is 82.6 Å². The lowest BCUT2D eigenvalue weighted by atomic mass is 9.81. The number of hydrogen-bond acceptors (Lipinski definition) is 6. The highest BCUT2D eigenvalue weighted by Crippen LogP contribution is 2.39. The van der Waals surface area contributed by atoms with Crippen LogP contribution in [-0.4, -0.2) is 37.0 Å². The fourth-order valence-corrected chi connectivity index (χ4v) is 5.86. The first kappa shape index (κ1) is 29.6. The van der Waals surface area contributed by atoms with E-state index in [2.05, 4.69) is 22.5 Å². The van der Waals surface area contributed by atoms with E-state index in [1.54, 1.807) is 0 Å². The number of ether oxygens (including phenoxy) is 3. The van der Waals surface area contributed by atoms with E-state index in [9.17, 15) is 14.4 Å². The van der Waals surface area contributed by atoms with Gasteiger partial charge in [0.05, 0.1) is 32.2 Å². The minimum Gasteiger partial charge on any atom is -0.469 e. The average Bonchev–Trinajstić information content (AvgIpc) is 3.57. The smallest absolute Gasteiger partial charge is 0.309 e. The van der Waals surface area contributed by atoms with Crippen molar-refractivity contribution in [2.45, 2.75) is 95.9 Å². The van der Waals surface area contributed by atoms with Crippen LogP contribution in [-0.2, 0) is 35.2 Å². The molecule has 6 nitrogen and oxygen atoms in total. The molecule has 0 spiro atoms. The van der Waals surface area contributed by atoms with Crippen LogP contribution >= 0.6 is 15.9 Å². The van der Waals surface area contributed by atoms with Crippen LogP contribution in [0.25, 0.3) is 0 Å². The number of rotatable bonds is 15. The van der Waals surface area contributed by atoms with Crippen molar-refractivity contribution in [2.75, 3.05) is 7.11 Å². The van der Waals surface area contributed by atoms with E-state index in [0.717, 1.165) is 61.4 Å². The number of benzene rings is 1. The Bertz CT molecular complexity index is 892. The van der Waals surface area contributed by atoms with E-state index in [0.29, 0.717) is 25.9 Å². The van der Waals surface area contributed by atoms with Gasteiger partial charge in [0, 0.05) is 16.3 Å². The van der Waals surface area contributed by atoms with Crippen LogP contribution in [0, 0.1) is 17.8 Å². The summed E-state index contributed by atoms with van der Waals surface area (Å²) in [4.78, 5) is 39.3. The number of Topliss-reactive ketones (excluding diaryl/α,β-unsaturated/α-hetero) is 1. The van der Waals surface area contributed by atoms with Crippen molar-refractivity contribution >= 4 is 33.7 Å². The lowest BCUT2D eigenvalue weighted by molar-refractivity contribution is -0.153. The van der Waals surface area contributed by atoms with E-state index in [1.165, 1.54) is 7.11 Å². The number of hydrogen-bond donors (Lipinski definition) is 0. The fraction of sp³-hybridized carbons (Fsp3) is 0.633. The van der Waals surface area contributed by atoms with E-state index < -0.39 is 17.8 Å². The highest BCUT2D eigenvalue weighted by molar-refractivity contribution is 9.10. The number of ketones is 1. The summed E-state index contributed by atoms with van der Waals surface area (Å²) in [5.74, 6) is -2.24. The summed E-state index contributed by atoms with van der Waals surface area (Å²) in [6.45, 7) is 4.18. The molecular weight excluding hydrogens is 536 g/mol. The molecule has 1 unspecified atom stereocenters. The van der Waals surface area contributed by atoms with Crippen LogP contribution in [0.15, 0.2) is 41.4 Å². The molecular formula is C30H41BrO6. The van der Waals surface area contributed by atoms with Gasteiger partial charge in [0.25, 0.3) is 0 Å². The number of unbranched alkanes of at least 4 members (excludes halogenated alkanes) is 3. The van der Waals surface area contributed by atoms with Crippen molar-refractivity contribution in [3.05, 3.63) is 47.0 Å². The highest BCUT2D eigenvalue weighted by Gasteiger charge is 2.45. The zero-order chi connectivity index (χ0) is 26.6. The second-order valence-electron chi connectivity index (χ2n) is 10.4. The van der Waals surface area contributed by atoms with Gasteiger partial charge in [-0.2, -0.15) is 0 Å². The molecule has 3 rings (SSSR count). The topological polar surface area (TPSA) is 78.9 Å². The molecule has 2 saturated carbocycles. The Hall–Kier alpha value is -1.99. The van der Waals surface area contributed by atoms with Gasteiger partial charge in [-0.15, -0.1) is 6.58 Å². The molecule has 1 aromatic rings. The lowest BCUT2D eigenvalue weighted by Gasteiger charge is -2.23. The Kier molecular flexibility index (Phi) is 12.3. The maximum atomic E-state index is 13.8. The highest BCUT2D eigenvalue weighted by atomic mass is 79.9. The van der Waals surface area contributed by atoms with Crippen molar-refractivity contribution < 1.29 is 28.6 Å². The molecule has 0 radical (unpaired) electrons. The quantitative estimate of drug-likeness (QED) is 0.131. The minimum absolute atomic E-state index is 0.0264. The Morgan fingerprint density at radius 1 is 1.03 bits per heavy atom. The molecule has 0 N–H and O–H groups in total. The predicted molar refractivity (Wildman–Crippen MR) is 146 cm³/mol. The van der Waals surface area contributed by atoms with Crippen molar-refractivity contribution in [1.29, 1.82) is 0 Å². The predicted octanol–water partition coefficient (Wildman–Crippen LogP) is 6.73. The number of allylic oxidation sites excluding steroid dienone is 1. The van der Waals surface area contributed by atoms with Crippen LogP contribution < -0.4 is 0 Å². The molecule has 1 aromatic carbocycles. The van der Waals surface area contributed by atoms with Gasteiger partial charge in [-0.1, -0.05) is 47.0 Å². The van der Waals surface area contributed by atoms with Crippen molar-refractivity contribution in [3.8, 4) is 0 Å². The third kappa shape index (κ3) is 9.36. The van der Waals surface area contributed by atoms with Crippen molar-refractivity contribution in [3.63, 3.8) is 0 Å². The molecule has 4 atom stereocenters. The number of halogens is 1. The molecule has 2 aliphatic rings. The monoisotopic (exact) mass is 576 g/mol. The number of carbonyl (C=O) groups is 3. The third-order valence-corrected chi connectivity index (χ3v) is 8.19. The largest absolute Gasteiger partial charge is 0.469 e. The summed E-state index contributed by atoms with van der Waals surface area (Å²) in [7, 11) is 1.36. The summed E-state index contributed by atoms with van der Waals surface area (Å²) in [5.41, 5.74) is 1.03. The van der Waals surface area contributed by atoms with Gasteiger partial charge in [0.2, 0.25) is 0 Å². The van der Waals surface area contributed by atoms with Gasteiger partial charge < -0.3 is 14.2 Å². The number of carbonyl (C=O) groups excluding carboxylic acids is 3. The van der Waals surface area contributed by atoms with Gasteiger partial charge in [0.1, 0.15) is 11.9 Å². The second-order valence-corrected chi connectivity index (χ2v) is 11.3. The van der Waals surface area contributed by atoms with E-state index in [4.69, 9.17) is 14.2 Å². The first-order chi connectivity index (χ1) is 17.9. The molecule has 0 aromatic heterocycles. The third-order valence-electron chi connectivity index (χ3n) is 7.66. The van der Waals surface area contributed by atoms with Crippen LogP contribution in [0.4, 0.5) is 0 Å². The molecule has 0 aliphatic heterocycles. The molecule has 0 heterocycles. The fourth-order valence-electron chi connectivity index (χ4n) is 5.59. The number of esters is 2. The standard InChI is InChI=1S/C30H41BrO6/c1-3-4-5-6-7-10-22(17-28(32)37-24-11-8-9-12-24)29(33)26-18-25(19-27(26)30(34)35-2)36-20-21-13-15-23(31)16-14-21/h3,13-16,22,24-27H,1,4-12,17-20H2,2H3/t22-,25-,26?,27-/m1/s1. The first-order valence-electron chi connectivity index (χ1n) is 13.7. The van der Waals surface area contributed by atoms with Crippen LogP contribution in [0.2, 0.25) is 0 Å². The average molecular weight is 578 g/mol. The molecule has 37 heavy (non-hydrogen) atoms. The molecule has 2 fully saturated rings. The summed E-state index contributed by atoms with van der Waals surface area (Å²) in [6, 6.07) is 7.89. The SMILES string of the molecule is C=CCCCCC[C@H](CC(=O)OC1CCCC1)C(=O)C1C[C@@H](OCc2ccc(Br)cc2)C[C@H]1C(=O)OC. The lowest BCUT2D eigenvalue weighted by Crippen LogP contribution is -2.32. The van der Waals surface area contributed by atoms with Crippen LogP contribution in [0.5, 0.6) is 0 Å². The molecule has 204 valence electrons. The van der Waals surface area contributed by atoms with Crippen molar-refractivity contribution in [2.24, 2.45) is 17.8 Å². The van der Waals surface area contributed by atoms with Gasteiger partial charge >= 0.3 is 11.9 Å². The minimum atomic E-state index is -0.554. The summed E-state index contributed by atoms with van der Waals surface area (Å²) in [5, 5.41) is 0. The maximum Gasteiger partial charge on any atom is 0.309 e. The zero-order valence-corrected chi connectivity index (χ0v) is 23.6.